The van der Waals surface area contributed by atoms with Gasteiger partial charge in [0.05, 0.1) is 0 Å². The van der Waals surface area contributed by atoms with E-state index in [1.807, 2.05) is 6.07 Å². The van der Waals surface area contributed by atoms with E-state index in [0.29, 0.717) is 23.3 Å². The molecule has 1 saturated carbocycles. The van der Waals surface area contributed by atoms with Crippen molar-refractivity contribution in [1.29, 1.82) is 0 Å². The van der Waals surface area contributed by atoms with E-state index in [4.69, 9.17) is 9.26 Å². The maximum absolute atomic E-state index is 13.1. The molecule has 1 aromatic heterocycles. The molecule has 0 spiro atoms. The highest BCUT2D eigenvalue weighted by Crippen LogP contribution is 2.39. The fourth-order valence-corrected chi connectivity index (χ4v) is 6.07. The number of nitrogens with zero attached hydrogens (tertiary/aromatic N) is 5. The molecule has 3 fully saturated rings. The third-order valence-corrected chi connectivity index (χ3v) is 8.77. The molecule has 2 aliphatic heterocycles. The number of amides is 3. The third-order valence-electron chi connectivity index (χ3n) is 6.55. The molecule has 5 rings (SSSR count). The monoisotopic (exact) mass is 532 g/mol. The lowest BCUT2D eigenvalue weighted by Crippen LogP contribution is -2.62. The number of benzene rings is 1. The summed E-state index contributed by atoms with van der Waals surface area (Å²) in [6, 6.07) is 6.77. The molecule has 200 valence electrons. The van der Waals surface area contributed by atoms with Crippen LogP contribution in [0.3, 0.4) is 0 Å². The Balaban J connectivity index is 1.11. The largest absolute Gasteiger partial charge is 0.444 e. The number of sulfonamides is 1. The van der Waals surface area contributed by atoms with Gasteiger partial charge in [-0.1, -0.05) is 17.3 Å². The number of hydrogen-bond donors (Lipinski definition) is 1. The van der Waals surface area contributed by atoms with Crippen molar-refractivity contribution in [3.8, 4) is 11.4 Å². The first-order valence-corrected chi connectivity index (χ1v) is 14.0. The molecule has 0 bridgehead atoms. The Morgan fingerprint density at radius 3 is 2.43 bits per heavy atom. The number of carbonyl (C=O) groups excluding carboxylic acids is 2. The molecule has 3 heterocycles. The van der Waals surface area contributed by atoms with Crippen molar-refractivity contribution in [3.05, 3.63) is 30.2 Å². The minimum absolute atomic E-state index is 0.107. The van der Waals surface area contributed by atoms with Crippen molar-refractivity contribution in [2.45, 2.75) is 50.4 Å². The van der Waals surface area contributed by atoms with E-state index in [2.05, 4.69) is 15.5 Å². The molecule has 3 amide bonds. The van der Waals surface area contributed by atoms with Gasteiger partial charge in [-0.15, -0.1) is 0 Å². The summed E-state index contributed by atoms with van der Waals surface area (Å²) in [6.07, 6.45) is 1.68. The lowest BCUT2D eigenvalue weighted by atomic mass is 10.2. The average molecular weight is 533 g/mol. The standard InChI is InChI=1S/C24H32N6O6S/c1-24(2,3)35-23(32)28-9-11-30(12-10-28)37(33,34)19-14-29(15-19)22(31)25-18-6-4-5-17(13-18)20-26-21(36-27-20)16-7-8-16/h4-6,13,16,19H,7-12,14-15H2,1-3H3,(H,25,31). The normalized spacial score (nSPS) is 19.4. The lowest BCUT2D eigenvalue weighted by Gasteiger charge is -2.42. The molecule has 12 nitrogen and oxygen atoms in total. The molecule has 1 aliphatic carbocycles. The van der Waals surface area contributed by atoms with Gasteiger partial charge in [0, 0.05) is 56.4 Å². The van der Waals surface area contributed by atoms with E-state index in [1.54, 1.807) is 39.0 Å². The molecule has 3 aliphatic rings. The molecular weight excluding hydrogens is 500 g/mol. The molecule has 0 atom stereocenters. The first-order chi connectivity index (χ1) is 17.5. The van der Waals surface area contributed by atoms with Crippen LogP contribution in [-0.4, -0.2) is 94.9 Å². The highest BCUT2D eigenvalue weighted by Gasteiger charge is 2.44. The van der Waals surface area contributed by atoms with Gasteiger partial charge in [0.15, 0.2) is 0 Å². The van der Waals surface area contributed by atoms with Gasteiger partial charge in [-0.3, -0.25) is 0 Å². The Morgan fingerprint density at radius 2 is 1.78 bits per heavy atom. The summed E-state index contributed by atoms with van der Waals surface area (Å²) < 4.78 is 38.2. The van der Waals surface area contributed by atoms with Gasteiger partial charge in [-0.25, -0.2) is 18.0 Å². The highest BCUT2D eigenvalue weighted by molar-refractivity contribution is 7.89. The van der Waals surface area contributed by atoms with Crippen LogP contribution in [0.25, 0.3) is 11.4 Å². The van der Waals surface area contributed by atoms with Gasteiger partial charge in [0.1, 0.15) is 10.9 Å². The minimum Gasteiger partial charge on any atom is -0.444 e. The second-order valence-electron chi connectivity index (χ2n) is 10.7. The van der Waals surface area contributed by atoms with Crippen LogP contribution in [0.2, 0.25) is 0 Å². The average Bonchev–Trinajstić information content (AvgIpc) is 3.53. The van der Waals surface area contributed by atoms with E-state index >= 15 is 0 Å². The van der Waals surface area contributed by atoms with Gasteiger partial charge in [0.2, 0.25) is 21.7 Å². The van der Waals surface area contributed by atoms with Crippen LogP contribution in [-0.2, 0) is 14.8 Å². The number of urea groups is 1. The van der Waals surface area contributed by atoms with Crippen LogP contribution >= 0.6 is 0 Å². The second-order valence-corrected chi connectivity index (χ2v) is 12.9. The Hall–Kier alpha value is -3.19. The highest BCUT2D eigenvalue weighted by atomic mass is 32.2. The van der Waals surface area contributed by atoms with Crippen molar-refractivity contribution >= 4 is 27.8 Å². The van der Waals surface area contributed by atoms with Gasteiger partial charge >= 0.3 is 12.1 Å². The maximum Gasteiger partial charge on any atom is 0.410 e. The van der Waals surface area contributed by atoms with Crippen LogP contribution in [0.1, 0.15) is 45.4 Å². The molecule has 1 aromatic carbocycles. The summed E-state index contributed by atoms with van der Waals surface area (Å²) in [6.45, 7) is 6.53. The zero-order valence-corrected chi connectivity index (χ0v) is 22.0. The Labute approximate surface area is 216 Å². The summed E-state index contributed by atoms with van der Waals surface area (Å²) >= 11 is 0. The van der Waals surface area contributed by atoms with Gasteiger partial charge in [-0.05, 0) is 45.7 Å². The number of aromatic nitrogens is 2. The van der Waals surface area contributed by atoms with Crippen LogP contribution in [0.5, 0.6) is 0 Å². The van der Waals surface area contributed by atoms with Gasteiger partial charge in [0.25, 0.3) is 0 Å². The first-order valence-electron chi connectivity index (χ1n) is 12.5. The molecule has 37 heavy (non-hydrogen) atoms. The summed E-state index contributed by atoms with van der Waals surface area (Å²) in [4.78, 5) is 32.4. The number of nitrogens with one attached hydrogen (secondary N) is 1. The Bertz CT molecular complexity index is 1270. The number of piperazine rings is 1. The van der Waals surface area contributed by atoms with Crippen LogP contribution in [0.15, 0.2) is 28.8 Å². The van der Waals surface area contributed by atoms with Crippen molar-refractivity contribution in [3.63, 3.8) is 0 Å². The molecule has 13 heteroatoms. The predicted molar refractivity (Wildman–Crippen MR) is 134 cm³/mol. The van der Waals surface area contributed by atoms with E-state index in [-0.39, 0.29) is 45.3 Å². The quantitative estimate of drug-likeness (QED) is 0.620. The maximum atomic E-state index is 13.1. The number of rotatable bonds is 5. The summed E-state index contributed by atoms with van der Waals surface area (Å²) in [5, 5.41) is 6.18. The third kappa shape index (κ3) is 5.72. The molecule has 0 unspecified atom stereocenters. The van der Waals surface area contributed by atoms with Crippen molar-refractivity contribution in [2.75, 3.05) is 44.6 Å². The number of ether oxygens (including phenoxy) is 1. The number of carbonyl (C=O) groups is 2. The summed E-state index contributed by atoms with van der Waals surface area (Å²) in [7, 11) is -3.59. The van der Waals surface area contributed by atoms with Crippen LogP contribution in [0.4, 0.5) is 15.3 Å². The zero-order valence-electron chi connectivity index (χ0n) is 21.2. The van der Waals surface area contributed by atoms with Crippen molar-refractivity contribution in [2.24, 2.45) is 0 Å². The second kappa shape index (κ2) is 9.60. The van der Waals surface area contributed by atoms with E-state index in [9.17, 15) is 18.0 Å². The minimum atomic E-state index is -3.59. The van der Waals surface area contributed by atoms with Crippen LogP contribution < -0.4 is 5.32 Å². The Morgan fingerprint density at radius 1 is 1.08 bits per heavy atom. The first kappa shape index (κ1) is 25.5. The zero-order chi connectivity index (χ0) is 26.4. The van der Waals surface area contributed by atoms with Gasteiger partial charge < -0.3 is 24.4 Å². The van der Waals surface area contributed by atoms with Crippen LogP contribution in [0, 0.1) is 0 Å². The predicted octanol–water partition coefficient (Wildman–Crippen LogP) is 2.71. The number of hydrogen-bond acceptors (Lipinski definition) is 8. The van der Waals surface area contributed by atoms with E-state index < -0.39 is 27.0 Å². The van der Waals surface area contributed by atoms with E-state index in [0.717, 1.165) is 18.4 Å². The van der Waals surface area contributed by atoms with Crippen molar-refractivity contribution in [1.82, 2.24) is 24.2 Å². The lowest BCUT2D eigenvalue weighted by molar-refractivity contribution is 0.0191. The number of anilines is 1. The molecule has 2 saturated heterocycles. The molecule has 1 N–H and O–H groups in total. The van der Waals surface area contributed by atoms with Gasteiger partial charge in [-0.2, -0.15) is 9.29 Å². The summed E-state index contributed by atoms with van der Waals surface area (Å²) in [5.41, 5.74) is 0.678. The smallest absolute Gasteiger partial charge is 0.410 e. The topological polar surface area (TPSA) is 138 Å². The molecule has 0 radical (unpaired) electrons. The molecule has 2 aromatic rings. The Kier molecular flexibility index (Phi) is 6.61. The summed E-state index contributed by atoms with van der Waals surface area (Å²) in [5.74, 6) is 1.47. The number of likely N-dealkylation sites (tertiary alicyclic amines) is 1. The van der Waals surface area contributed by atoms with Crippen molar-refractivity contribution < 1.29 is 27.3 Å². The molecular formula is C24H32N6O6S. The fraction of sp³-hybridized carbons (Fsp3) is 0.583. The SMILES string of the molecule is CC(C)(C)OC(=O)N1CCN(S(=O)(=O)C2CN(C(=O)Nc3cccc(-c4noc(C5CC5)n4)c3)C2)CC1. The fourth-order valence-electron chi connectivity index (χ4n) is 4.24. The van der Waals surface area contributed by atoms with E-state index in [1.165, 1.54) is 14.1 Å².